The lowest BCUT2D eigenvalue weighted by atomic mass is 10.1. The molecule has 0 aliphatic carbocycles. The number of benzene rings is 1. The van der Waals surface area contributed by atoms with Gasteiger partial charge in [0.2, 0.25) is 0 Å². The molecule has 1 aromatic rings. The van der Waals surface area contributed by atoms with Crippen LogP contribution in [0.1, 0.15) is 18.9 Å². The zero-order chi connectivity index (χ0) is 12.8. The first-order chi connectivity index (χ1) is 8.85. The van der Waals surface area contributed by atoms with E-state index in [9.17, 15) is 5.26 Å². The van der Waals surface area contributed by atoms with Crippen LogP contribution in [0.3, 0.4) is 0 Å². The van der Waals surface area contributed by atoms with Crippen molar-refractivity contribution in [2.75, 3.05) is 30.8 Å². The first-order valence-corrected chi connectivity index (χ1v) is 7.31. The van der Waals surface area contributed by atoms with E-state index in [4.69, 9.17) is 4.74 Å². The molecule has 1 aliphatic rings. The highest BCUT2D eigenvalue weighted by Crippen LogP contribution is 2.28. The minimum absolute atomic E-state index is 0.569. The van der Waals surface area contributed by atoms with E-state index >= 15 is 0 Å². The van der Waals surface area contributed by atoms with E-state index in [2.05, 4.69) is 18.3 Å². The second kappa shape index (κ2) is 6.67. The molecule has 1 aromatic carbocycles. The summed E-state index contributed by atoms with van der Waals surface area (Å²) in [6.45, 7) is 4.68. The molecule has 4 heteroatoms. The molecule has 0 bridgehead atoms. The standard InChI is InChI=1S/C14H18N2OS/c1-2-18-14-5-3-4-13(12(14)8-15)16-9-11-6-7-17-10-11/h3-5,11,16H,2,6-7,9-10H2,1H3. The number of nitrogens with one attached hydrogen (secondary N) is 1. The van der Waals surface area contributed by atoms with Gasteiger partial charge in [-0.3, -0.25) is 0 Å². The third-order valence-electron chi connectivity index (χ3n) is 3.04. The fourth-order valence-corrected chi connectivity index (χ4v) is 2.85. The average molecular weight is 262 g/mol. The number of nitriles is 1. The lowest BCUT2D eigenvalue weighted by molar-refractivity contribution is 0.187. The predicted octanol–water partition coefficient (Wildman–Crippen LogP) is 3.12. The topological polar surface area (TPSA) is 45.0 Å². The van der Waals surface area contributed by atoms with Crippen LogP contribution in [0.25, 0.3) is 0 Å². The zero-order valence-corrected chi connectivity index (χ0v) is 11.4. The Morgan fingerprint density at radius 2 is 2.44 bits per heavy atom. The zero-order valence-electron chi connectivity index (χ0n) is 10.6. The second-order valence-corrected chi connectivity index (χ2v) is 5.64. The van der Waals surface area contributed by atoms with Crippen molar-refractivity contribution in [2.24, 2.45) is 5.92 Å². The lowest BCUT2D eigenvalue weighted by Gasteiger charge is -2.13. The number of nitrogens with zero attached hydrogens (tertiary/aromatic N) is 1. The molecule has 1 atom stereocenters. The minimum atomic E-state index is 0.569. The molecule has 0 saturated carbocycles. The Morgan fingerprint density at radius 1 is 1.56 bits per heavy atom. The van der Waals surface area contributed by atoms with Crippen molar-refractivity contribution < 1.29 is 4.74 Å². The van der Waals surface area contributed by atoms with Crippen LogP contribution in [-0.4, -0.2) is 25.5 Å². The van der Waals surface area contributed by atoms with Crippen LogP contribution in [0.15, 0.2) is 23.1 Å². The summed E-state index contributed by atoms with van der Waals surface area (Å²) in [5, 5.41) is 12.7. The Bertz CT molecular complexity index is 436. The number of rotatable bonds is 5. The first kappa shape index (κ1) is 13.3. The van der Waals surface area contributed by atoms with Crippen molar-refractivity contribution in [2.45, 2.75) is 18.2 Å². The molecule has 18 heavy (non-hydrogen) atoms. The van der Waals surface area contributed by atoms with E-state index in [0.29, 0.717) is 5.92 Å². The maximum atomic E-state index is 9.29. The van der Waals surface area contributed by atoms with Crippen molar-refractivity contribution in [1.82, 2.24) is 0 Å². The maximum absolute atomic E-state index is 9.29. The highest BCUT2D eigenvalue weighted by Gasteiger charge is 2.16. The van der Waals surface area contributed by atoms with E-state index in [0.717, 1.165) is 48.1 Å². The summed E-state index contributed by atoms with van der Waals surface area (Å²) in [4.78, 5) is 1.06. The summed E-state index contributed by atoms with van der Waals surface area (Å²) in [6.07, 6.45) is 1.11. The van der Waals surface area contributed by atoms with Crippen molar-refractivity contribution >= 4 is 17.4 Å². The summed E-state index contributed by atoms with van der Waals surface area (Å²) < 4.78 is 5.36. The minimum Gasteiger partial charge on any atom is -0.384 e. The van der Waals surface area contributed by atoms with Gasteiger partial charge in [-0.2, -0.15) is 5.26 Å². The van der Waals surface area contributed by atoms with E-state index in [1.165, 1.54) is 0 Å². The summed E-state index contributed by atoms with van der Waals surface area (Å²) in [5.41, 5.74) is 1.71. The highest BCUT2D eigenvalue weighted by molar-refractivity contribution is 7.99. The van der Waals surface area contributed by atoms with Gasteiger partial charge in [0.05, 0.1) is 17.9 Å². The molecule has 1 heterocycles. The second-order valence-electron chi connectivity index (χ2n) is 4.33. The smallest absolute Gasteiger partial charge is 0.102 e. The average Bonchev–Trinajstić information content (AvgIpc) is 2.90. The van der Waals surface area contributed by atoms with Gasteiger partial charge in [0.1, 0.15) is 6.07 Å². The van der Waals surface area contributed by atoms with Crippen molar-refractivity contribution in [3.05, 3.63) is 23.8 Å². The van der Waals surface area contributed by atoms with Gasteiger partial charge >= 0.3 is 0 Å². The number of anilines is 1. The van der Waals surface area contributed by atoms with Crippen molar-refractivity contribution in [1.29, 1.82) is 5.26 Å². The molecular formula is C14H18N2OS. The Balaban J connectivity index is 2.06. The van der Waals surface area contributed by atoms with E-state index in [1.54, 1.807) is 11.8 Å². The first-order valence-electron chi connectivity index (χ1n) is 6.32. The van der Waals surface area contributed by atoms with Gasteiger partial charge in [0.25, 0.3) is 0 Å². The Labute approximate surface area is 113 Å². The van der Waals surface area contributed by atoms with Crippen LogP contribution in [0.2, 0.25) is 0 Å². The molecule has 0 radical (unpaired) electrons. The van der Waals surface area contributed by atoms with Crippen LogP contribution < -0.4 is 5.32 Å². The SMILES string of the molecule is CCSc1cccc(NCC2CCOC2)c1C#N. The van der Waals surface area contributed by atoms with Crippen LogP contribution in [0.5, 0.6) is 0 Å². The van der Waals surface area contributed by atoms with Crippen LogP contribution >= 0.6 is 11.8 Å². The van der Waals surface area contributed by atoms with E-state index < -0.39 is 0 Å². The molecular weight excluding hydrogens is 244 g/mol. The van der Waals surface area contributed by atoms with Gasteiger partial charge < -0.3 is 10.1 Å². The predicted molar refractivity (Wildman–Crippen MR) is 75.0 cm³/mol. The summed E-state index contributed by atoms with van der Waals surface area (Å²) in [5.74, 6) is 1.55. The third-order valence-corrected chi connectivity index (χ3v) is 3.98. The number of ether oxygens (including phenoxy) is 1. The Kier molecular flexibility index (Phi) is 4.91. The molecule has 2 rings (SSSR count). The molecule has 0 amide bonds. The number of thioether (sulfide) groups is 1. The molecule has 3 nitrogen and oxygen atoms in total. The normalized spacial score (nSPS) is 18.6. The number of hydrogen-bond donors (Lipinski definition) is 1. The largest absolute Gasteiger partial charge is 0.384 e. The van der Waals surface area contributed by atoms with Crippen LogP contribution in [-0.2, 0) is 4.74 Å². The van der Waals surface area contributed by atoms with Gasteiger partial charge in [0.15, 0.2) is 0 Å². The molecule has 1 aliphatic heterocycles. The molecule has 1 fully saturated rings. The van der Waals surface area contributed by atoms with Gasteiger partial charge in [-0.25, -0.2) is 0 Å². The lowest BCUT2D eigenvalue weighted by Crippen LogP contribution is -2.14. The summed E-state index contributed by atoms with van der Waals surface area (Å²) in [7, 11) is 0. The van der Waals surface area contributed by atoms with Crippen LogP contribution in [0.4, 0.5) is 5.69 Å². The summed E-state index contributed by atoms with van der Waals surface area (Å²) in [6, 6.07) is 8.31. The maximum Gasteiger partial charge on any atom is 0.102 e. The van der Waals surface area contributed by atoms with Gasteiger partial charge in [-0.05, 0) is 24.3 Å². The van der Waals surface area contributed by atoms with Gasteiger partial charge in [0, 0.05) is 24.0 Å². The Hall–Kier alpha value is -1.18. The van der Waals surface area contributed by atoms with Gasteiger partial charge in [-0.1, -0.05) is 13.0 Å². The third kappa shape index (κ3) is 3.18. The molecule has 0 aromatic heterocycles. The van der Waals surface area contributed by atoms with Crippen molar-refractivity contribution in [3.63, 3.8) is 0 Å². The molecule has 1 saturated heterocycles. The quantitative estimate of drug-likeness (QED) is 0.828. The highest BCUT2D eigenvalue weighted by atomic mass is 32.2. The fraction of sp³-hybridized carbons (Fsp3) is 0.500. The van der Waals surface area contributed by atoms with Gasteiger partial charge in [-0.15, -0.1) is 11.8 Å². The Morgan fingerprint density at radius 3 is 3.11 bits per heavy atom. The molecule has 0 spiro atoms. The molecule has 1 unspecified atom stereocenters. The number of hydrogen-bond acceptors (Lipinski definition) is 4. The van der Waals surface area contributed by atoms with Crippen molar-refractivity contribution in [3.8, 4) is 6.07 Å². The van der Waals surface area contributed by atoms with E-state index in [1.807, 2.05) is 18.2 Å². The van der Waals surface area contributed by atoms with E-state index in [-0.39, 0.29) is 0 Å². The summed E-state index contributed by atoms with van der Waals surface area (Å²) >= 11 is 1.71. The monoisotopic (exact) mass is 262 g/mol. The molecule has 96 valence electrons. The molecule has 1 N–H and O–H groups in total. The van der Waals surface area contributed by atoms with Crippen LogP contribution in [0, 0.1) is 17.2 Å². The fourth-order valence-electron chi connectivity index (χ4n) is 2.07.